The first-order valence-electron chi connectivity index (χ1n) is 10.3. The van der Waals surface area contributed by atoms with E-state index in [9.17, 15) is 13.6 Å². The highest BCUT2D eigenvalue weighted by Crippen LogP contribution is 2.29. The van der Waals surface area contributed by atoms with E-state index in [1.54, 1.807) is 12.5 Å². The van der Waals surface area contributed by atoms with Crippen molar-refractivity contribution in [1.82, 2.24) is 9.88 Å². The van der Waals surface area contributed by atoms with Crippen molar-refractivity contribution in [3.05, 3.63) is 59.5 Å². The maximum absolute atomic E-state index is 13.5. The van der Waals surface area contributed by atoms with Gasteiger partial charge >= 0.3 is 0 Å². The Morgan fingerprint density at radius 1 is 1.12 bits per heavy atom. The second-order valence-electron chi connectivity index (χ2n) is 7.53. The van der Waals surface area contributed by atoms with Crippen LogP contribution in [0, 0.1) is 11.6 Å². The van der Waals surface area contributed by atoms with E-state index < -0.39 is 11.6 Å². The fourth-order valence-corrected chi connectivity index (χ4v) is 4.46. The number of nitrogens with zero attached hydrogens (tertiary/aromatic N) is 3. The Kier molecular flexibility index (Phi) is 6.66. The molecule has 1 fully saturated rings. The van der Waals surface area contributed by atoms with Crippen molar-refractivity contribution in [3.63, 3.8) is 0 Å². The first-order chi connectivity index (χ1) is 15.5. The molecule has 1 atom stereocenters. The average molecular weight is 459 g/mol. The number of hydrogen-bond acceptors (Lipinski definition) is 6. The van der Waals surface area contributed by atoms with Gasteiger partial charge in [0.1, 0.15) is 5.75 Å². The fraction of sp³-hybridized carbons (Fsp3) is 0.304. The average Bonchev–Trinajstić information content (AvgIpc) is 3.28. The molecule has 3 aromatic rings. The summed E-state index contributed by atoms with van der Waals surface area (Å²) in [5, 5.41) is 4.97. The second-order valence-corrected chi connectivity index (χ2v) is 8.38. The summed E-state index contributed by atoms with van der Waals surface area (Å²) in [6.45, 7) is 4.93. The van der Waals surface area contributed by atoms with Crippen LogP contribution in [-0.4, -0.2) is 55.1 Å². The summed E-state index contributed by atoms with van der Waals surface area (Å²) in [5.74, 6) is -1.15. The normalized spacial score (nSPS) is 15.4. The van der Waals surface area contributed by atoms with Crippen molar-refractivity contribution in [1.29, 1.82) is 0 Å². The molecule has 32 heavy (non-hydrogen) atoms. The molecule has 0 radical (unpaired) electrons. The summed E-state index contributed by atoms with van der Waals surface area (Å²) >= 11 is 1.25. The molecule has 1 N–H and O–H groups in total. The maximum Gasteiger partial charge on any atom is 0.243 e. The van der Waals surface area contributed by atoms with E-state index in [1.807, 2.05) is 31.2 Å². The number of carbonyl (C=O) groups excluding carboxylic acids is 1. The molecule has 1 aromatic heterocycles. The van der Waals surface area contributed by atoms with Crippen molar-refractivity contribution in [2.24, 2.45) is 0 Å². The lowest BCUT2D eigenvalue weighted by Crippen LogP contribution is -2.52. The number of piperazine rings is 1. The minimum absolute atomic E-state index is 0.151. The molecule has 4 rings (SSSR count). The minimum atomic E-state index is -0.929. The molecule has 0 spiro atoms. The van der Waals surface area contributed by atoms with Gasteiger partial charge in [-0.25, -0.2) is 13.8 Å². The molecule has 9 heteroatoms. The molecule has 1 aliphatic rings. The van der Waals surface area contributed by atoms with Gasteiger partial charge in [-0.1, -0.05) is 12.1 Å². The molecule has 1 unspecified atom stereocenters. The van der Waals surface area contributed by atoms with Crippen molar-refractivity contribution in [3.8, 4) is 17.0 Å². The highest BCUT2D eigenvalue weighted by molar-refractivity contribution is 7.14. The van der Waals surface area contributed by atoms with E-state index in [2.05, 4.69) is 20.1 Å². The van der Waals surface area contributed by atoms with E-state index in [0.29, 0.717) is 16.4 Å². The van der Waals surface area contributed by atoms with Gasteiger partial charge in [-0.05, 0) is 37.3 Å². The number of aromatic nitrogens is 1. The Labute approximate surface area is 189 Å². The fourth-order valence-electron chi connectivity index (χ4n) is 3.74. The predicted molar refractivity (Wildman–Crippen MR) is 122 cm³/mol. The Bertz CT molecular complexity index is 1100. The van der Waals surface area contributed by atoms with Gasteiger partial charge in [0, 0.05) is 37.1 Å². The summed E-state index contributed by atoms with van der Waals surface area (Å²) < 4.78 is 32.1. The van der Waals surface area contributed by atoms with Gasteiger partial charge in [0.2, 0.25) is 5.91 Å². The Balaban J connectivity index is 1.35. The number of carbonyl (C=O) groups is 1. The zero-order valence-corrected chi connectivity index (χ0v) is 18.7. The van der Waals surface area contributed by atoms with Crippen LogP contribution in [0.25, 0.3) is 11.3 Å². The molecule has 6 nitrogen and oxygen atoms in total. The molecule has 2 heterocycles. The van der Waals surface area contributed by atoms with Crippen molar-refractivity contribution in [2.45, 2.75) is 13.0 Å². The van der Waals surface area contributed by atoms with Gasteiger partial charge in [0.05, 0.1) is 24.5 Å². The van der Waals surface area contributed by atoms with E-state index in [0.717, 1.165) is 49.7 Å². The number of ether oxygens (including phenoxy) is 1. The van der Waals surface area contributed by atoms with Gasteiger partial charge < -0.3 is 15.0 Å². The van der Waals surface area contributed by atoms with Crippen LogP contribution in [0.2, 0.25) is 0 Å². The van der Waals surface area contributed by atoms with Crippen LogP contribution in [0.3, 0.4) is 0 Å². The number of thiazole rings is 1. The molecular weight excluding hydrogens is 434 g/mol. The maximum atomic E-state index is 13.5. The Hall–Kier alpha value is -3.04. The molecular formula is C23H24F2N4O2S. The minimum Gasteiger partial charge on any atom is -0.495 e. The van der Waals surface area contributed by atoms with Crippen LogP contribution in [0.1, 0.15) is 6.92 Å². The monoisotopic (exact) mass is 458 g/mol. The molecule has 0 saturated carbocycles. The van der Waals surface area contributed by atoms with Crippen LogP contribution in [-0.2, 0) is 4.79 Å². The number of methoxy groups -OCH3 is 1. The van der Waals surface area contributed by atoms with E-state index >= 15 is 0 Å². The lowest BCUT2D eigenvalue weighted by Gasteiger charge is -2.38. The van der Waals surface area contributed by atoms with Gasteiger partial charge in [-0.2, -0.15) is 0 Å². The largest absolute Gasteiger partial charge is 0.495 e. The number of rotatable bonds is 6. The van der Waals surface area contributed by atoms with E-state index in [4.69, 9.17) is 4.74 Å². The molecule has 1 amide bonds. The molecule has 168 valence electrons. The number of anilines is 2. The van der Waals surface area contributed by atoms with Gasteiger partial charge in [-0.3, -0.25) is 9.69 Å². The zero-order chi connectivity index (χ0) is 22.7. The second kappa shape index (κ2) is 9.62. The summed E-state index contributed by atoms with van der Waals surface area (Å²) in [7, 11) is 1.66. The summed E-state index contributed by atoms with van der Waals surface area (Å²) in [6.07, 6.45) is 0. The highest BCUT2D eigenvalue weighted by atomic mass is 32.1. The molecule has 0 aliphatic carbocycles. The molecule has 1 saturated heterocycles. The van der Waals surface area contributed by atoms with Crippen molar-refractivity contribution in [2.75, 3.05) is 43.5 Å². The Morgan fingerprint density at radius 3 is 2.59 bits per heavy atom. The highest BCUT2D eigenvalue weighted by Gasteiger charge is 2.27. The predicted octanol–water partition coefficient (Wildman–Crippen LogP) is 4.25. The molecule has 2 aromatic carbocycles. The van der Waals surface area contributed by atoms with Gasteiger partial charge in [0.15, 0.2) is 16.8 Å². The number of nitrogens with one attached hydrogen (secondary N) is 1. The molecule has 1 aliphatic heterocycles. The molecule has 0 bridgehead atoms. The number of amides is 1. The summed E-state index contributed by atoms with van der Waals surface area (Å²) in [4.78, 5) is 21.5. The van der Waals surface area contributed by atoms with Gasteiger partial charge in [0.25, 0.3) is 0 Å². The van der Waals surface area contributed by atoms with Crippen LogP contribution in [0.15, 0.2) is 47.8 Å². The van der Waals surface area contributed by atoms with Gasteiger partial charge in [-0.15, -0.1) is 11.3 Å². The third-order valence-corrected chi connectivity index (χ3v) is 6.37. The summed E-state index contributed by atoms with van der Waals surface area (Å²) in [5.41, 5.74) is 2.00. The van der Waals surface area contributed by atoms with Crippen molar-refractivity contribution >= 4 is 28.1 Å². The smallest absolute Gasteiger partial charge is 0.243 e. The van der Waals surface area contributed by atoms with Crippen LogP contribution in [0.5, 0.6) is 5.75 Å². The number of para-hydroxylation sites is 2. The first kappa shape index (κ1) is 22.2. The number of benzene rings is 2. The lowest BCUT2D eigenvalue weighted by atomic mass is 10.2. The number of halogens is 2. The summed E-state index contributed by atoms with van der Waals surface area (Å²) in [6, 6.07) is 11.2. The van der Waals surface area contributed by atoms with Crippen LogP contribution < -0.4 is 15.0 Å². The van der Waals surface area contributed by atoms with Crippen LogP contribution in [0.4, 0.5) is 19.6 Å². The SMILES string of the molecule is COc1ccccc1N1CCN(C(C)C(=O)Nc2nc(-c3ccc(F)c(F)c3)cs2)CC1. The standard InChI is InChI=1S/C23H24F2N4O2S/c1-15(28-9-11-29(12-10-28)20-5-3-4-6-21(20)31-2)22(30)27-23-26-19(14-32-23)16-7-8-17(24)18(25)13-16/h3-8,13-15H,9-12H2,1-2H3,(H,26,27,30). The first-order valence-corrected chi connectivity index (χ1v) is 11.2. The van der Waals surface area contributed by atoms with E-state index in [-0.39, 0.29) is 11.9 Å². The number of hydrogen-bond donors (Lipinski definition) is 1. The van der Waals surface area contributed by atoms with Crippen LogP contribution >= 0.6 is 11.3 Å². The third-order valence-electron chi connectivity index (χ3n) is 5.62. The lowest BCUT2D eigenvalue weighted by molar-refractivity contribution is -0.120. The van der Waals surface area contributed by atoms with E-state index in [1.165, 1.54) is 17.4 Å². The van der Waals surface area contributed by atoms with Crippen molar-refractivity contribution < 1.29 is 18.3 Å². The quantitative estimate of drug-likeness (QED) is 0.599. The zero-order valence-electron chi connectivity index (χ0n) is 17.8. The Morgan fingerprint density at radius 2 is 1.88 bits per heavy atom. The topological polar surface area (TPSA) is 57.7 Å². The third kappa shape index (κ3) is 4.73.